The quantitative estimate of drug-likeness (QED) is 0.402. The van der Waals surface area contributed by atoms with Crippen LogP contribution in [0.1, 0.15) is 0 Å². The average molecular weight is 439 g/mol. The summed E-state index contributed by atoms with van der Waals surface area (Å²) < 4.78 is -1.59. The van der Waals surface area contributed by atoms with Crippen molar-refractivity contribution in [2.45, 2.75) is 0 Å². The zero-order valence-corrected chi connectivity index (χ0v) is 11.0. The van der Waals surface area contributed by atoms with Gasteiger partial charge in [-0.3, -0.25) is 0 Å². The van der Waals surface area contributed by atoms with Gasteiger partial charge in [0.25, 0.3) is 0 Å². The number of halogens is 4. The van der Waals surface area contributed by atoms with E-state index in [9.17, 15) is 0 Å². The molecular weight excluding hydrogens is 439 g/mol. The van der Waals surface area contributed by atoms with Crippen molar-refractivity contribution in [1.82, 2.24) is 0 Å². The van der Waals surface area contributed by atoms with Gasteiger partial charge in [0.1, 0.15) is 0 Å². The van der Waals surface area contributed by atoms with Gasteiger partial charge in [-0.2, -0.15) is 0 Å². The van der Waals surface area contributed by atoms with Gasteiger partial charge in [-0.15, -0.1) is 0 Å². The number of rotatable bonds is 0. The number of hydrogen-bond donors (Lipinski definition) is 0. The van der Waals surface area contributed by atoms with Crippen molar-refractivity contribution in [3.05, 3.63) is 0 Å². The van der Waals surface area contributed by atoms with Crippen molar-refractivity contribution < 1.29 is 0 Å². The van der Waals surface area contributed by atoms with Gasteiger partial charge in [-0.05, 0) is 0 Å². The van der Waals surface area contributed by atoms with E-state index in [2.05, 4.69) is 62.2 Å². The van der Waals surface area contributed by atoms with Crippen LogP contribution in [0.3, 0.4) is 0 Å². The van der Waals surface area contributed by atoms with Crippen molar-refractivity contribution in [2.24, 2.45) is 0 Å². The fourth-order valence-corrected chi connectivity index (χ4v) is 0. The van der Waals surface area contributed by atoms with Crippen LogP contribution in [-0.4, -0.2) is 4.43 Å². The molecule has 0 rings (SSSR count). The van der Waals surface area contributed by atoms with Gasteiger partial charge >= 0.3 is 66.7 Å². The molecule has 0 saturated heterocycles. The van der Waals surface area contributed by atoms with Crippen LogP contribution in [0.25, 0.3) is 0 Å². The molecule has 0 aliphatic rings. The van der Waals surface area contributed by atoms with Gasteiger partial charge in [0.15, 0.2) is 0 Å². The van der Waals surface area contributed by atoms with Crippen molar-refractivity contribution in [3.63, 3.8) is 0 Å². The van der Waals surface area contributed by atoms with Crippen LogP contribution >= 0.6 is 62.2 Å². The normalized spacial score (nSPS) is 12.0. The third kappa shape index (κ3) is 20.3. The molecule has 0 nitrogen and oxygen atoms in total. The van der Waals surface area contributed by atoms with E-state index in [0.717, 1.165) is 0 Å². The molecule has 0 radical (unpaired) electrons. The standard InChI is InChI=1S/Br3GeI/c1-4(2,3)5. The molecule has 0 unspecified atom stereocenters. The first-order valence-corrected chi connectivity index (χ1v) is 21.9. The summed E-state index contributed by atoms with van der Waals surface area (Å²) in [5, 5.41) is 0. The second-order valence-electron chi connectivity index (χ2n) is 0.429. The van der Waals surface area contributed by atoms with Gasteiger partial charge in [0.2, 0.25) is 0 Å². The van der Waals surface area contributed by atoms with Crippen LogP contribution in [0.5, 0.6) is 0 Å². The Labute approximate surface area is 65.3 Å². The molecule has 0 spiro atoms. The molecule has 0 fully saturated rings. The van der Waals surface area contributed by atoms with Gasteiger partial charge in [-0.1, -0.05) is 0 Å². The summed E-state index contributed by atoms with van der Waals surface area (Å²) in [5.74, 6) is 0. The van der Waals surface area contributed by atoms with E-state index < -0.39 is 4.43 Å². The first kappa shape index (κ1) is 7.71. The molecule has 0 N–H and O–H groups in total. The molecule has 0 aliphatic heterocycles. The Morgan fingerprint density at radius 1 is 1.20 bits per heavy atom. The van der Waals surface area contributed by atoms with Gasteiger partial charge in [-0.25, -0.2) is 0 Å². The van der Waals surface area contributed by atoms with E-state index in [1.165, 1.54) is 0 Å². The molecule has 32 valence electrons. The Morgan fingerprint density at radius 2 is 1.20 bits per heavy atom. The summed E-state index contributed by atoms with van der Waals surface area (Å²) in [6.45, 7) is 0. The second kappa shape index (κ2) is 2.89. The molecule has 0 heterocycles. The molecule has 5 heavy (non-hydrogen) atoms. The average Bonchev–Trinajstić information content (AvgIpc) is 0.722. The van der Waals surface area contributed by atoms with E-state index in [4.69, 9.17) is 0 Å². The summed E-state index contributed by atoms with van der Waals surface area (Å²) in [5.41, 5.74) is 0. The van der Waals surface area contributed by atoms with E-state index in [1.54, 1.807) is 0 Å². The van der Waals surface area contributed by atoms with Gasteiger partial charge in [0.05, 0.1) is 0 Å². The predicted molar refractivity (Wildman–Crippen MR) is 46.6 cm³/mol. The van der Waals surface area contributed by atoms with Crippen LogP contribution in [0.4, 0.5) is 0 Å². The number of hydrogen-bond acceptors (Lipinski definition) is 0. The summed E-state index contributed by atoms with van der Waals surface area (Å²) >= 11 is 12.5. The predicted octanol–water partition coefficient (Wildman–Crippen LogP) is 3.04. The maximum absolute atomic E-state index is 3.38. The van der Waals surface area contributed by atoms with Crippen LogP contribution < -0.4 is 0 Å². The monoisotopic (exact) mass is 438 g/mol. The summed E-state index contributed by atoms with van der Waals surface area (Å²) in [7, 11) is 0. The van der Waals surface area contributed by atoms with Crippen molar-refractivity contribution in [1.29, 1.82) is 0 Å². The summed E-state index contributed by atoms with van der Waals surface area (Å²) in [6, 6.07) is 0. The fraction of sp³-hybridized carbons (Fsp3) is 0. The molecule has 5 heteroatoms. The minimum absolute atomic E-state index is 1.59. The van der Waals surface area contributed by atoms with E-state index in [0.29, 0.717) is 0 Å². The Balaban J connectivity index is 3.02. The molecule has 0 aromatic carbocycles. The molecular formula is Br3GeI. The van der Waals surface area contributed by atoms with Crippen LogP contribution in [0.2, 0.25) is 0 Å². The van der Waals surface area contributed by atoms with E-state index >= 15 is 0 Å². The Morgan fingerprint density at radius 3 is 1.20 bits per heavy atom. The fourth-order valence-electron chi connectivity index (χ4n) is 0. The molecule has 0 bridgehead atoms. The molecule has 0 atom stereocenters. The minimum atomic E-state index is -1.59. The zero-order valence-electron chi connectivity index (χ0n) is 2.01. The third-order valence-electron chi connectivity index (χ3n) is 0. The van der Waals surface area contributed by atoms with Crippen molar-refractivity contribution >= 4 is 66.7 Å². The molecule has 0 aliphatic carbocycles. The molecule has 0 aromatic heterocycles. The Kier molecular flexibility index (Phi) is 4.45. The van der Waals surface area contributed by atoms with Crippen LogP contribution in [-0.2, 0) is 0 Å². The first-order valence-electron chi connectivity index (χ1n) is 0.756. The van der Waals surface area contributed by atoms with Gasteiger partial charge < -0.3 is 0 Å². The van der Waals surface area contributed by atoms with Crippen LogP contribution in [0.15, 0.2) is 0 Å². The van der Waals surface area contributed by atoms with E-state index in [1.807, 2.05) is 0 Å². The zero-order chi connectivity index (χ0) is 4.50. The van der Waals surface area contributed by atoms with Gasteiger partial charge in [0, 0.05) is 0 Å². The molecule has 0 aromatic rings. The SMILES string of the molecule is [Br][Ge]([Br])([Br])[I]. The maximum atomic E-state index is 3.38. The third-order valence-corrected chi connectivity index (χ3v) is 0. The van der Waals surface area contributed by atoms with Crippen LogP contribution in [0, 0.1) is 0 Å². The second-order valence-corrected chi connectivity index (χ2v) is 68.9. The van der Waals surface area contributed by atoms with Crippen molar-refractivity contribution in [3.8, 4) is 0 Å². The summed E-state index contributed by atoms with van der Waals surface area (Å²) in [6.07, 6.45) is 0. The summed E-state index contributed by atoms with van der Waals surface area (Å²) in [4.78, 5) is 0. The molecule has 0 amide bonds. The molecule has 0 saturated carbocycles. The topological polar surface area (TPSA) is 0 Å². The first-order chi connectivity index (χ1) is 2.00. The van der Waals surface area contributed by atoms with Crippen molar-refractivity contribution in [2.75, 3.05) is 0 Å². The Hall–Kier alpha value is 2.71. The Bertz CT molecular complexity index is 22.4. The van der Waals surface area contributed by atoms with E-state index in [-0.39, 0.29) is 0 Å².